The van der Waals surface area contributed by atoms with Gasteiger partial charge in [0.25, 0.3) is 0 Å². The Kier molecular flexibility index (Phi) is 4.35. The van der Waals surface area contributed by atoms with Crippen molar-refractivity contribution < 1.29 is 24.5 Å². The Balaban J connectivity index is 3.89. The van der Waals surface area contributed by atoms with E-state index in [0.717, 1.165) is 0 Å². The molecule has 14 heavy (non-hydrogen) atoms. The minimum Gasteiger partial charge on any atom is -0.431 e. The molecule has 0 aliphatic rings. The van der Waals surface area contributed by atoms with Gasteiger partial charge in [-0.2, -0.15) is 0 Å². The van der Waals surface area contributed by atoms with Crippen molar-refractivity contribution in [3.8, 4) is 0 Å². The van der Waals surface area contributed by atoms with Gasteiger partial charge in [-0.3, -0.25) is 0 Å². The van der Waals surface area contributed by atoms with Gasteiger partial charge in [0.2, 0.25) is 0 Å². The first-order valence-corrected chi connectivity index (χ1v) is 4.35. The van der Waals surface area contributed by atoms with E-state index in [4.69, 9.17) is 9.84 Å². The number of hydrogen-bond donors (Lipinski definition) is 2. The summed E-state index contributed by atoms with van der Waals surface area (Å²) in [6, 6.07) is 0. The van der Waals surface area contributed by atoms with Gasteiger partial charge in [-0.05, 0) is 27.7 Å². The molecule has 0 radical (unpaired) electrons. The lowest BCUT2D eigenvalue weighted by molar-refractivity contribution is -0.0659. The predicted octanol–water partition coefficient (Wildman–Crippen LogP) is 0.681. The standard InChI is InChI=1S/C9H18O5/c1-8(2,12)6-13-7(11)14-9(3,4)5-10/h10,12H,5-6H2,1-4H3. The number of hydrogen-bond acceptors (Lipinski definition) is 5. The van der Waals surface area contributed by atoms with Gasteiger partial charge < -0.3 is 19.7 Å². The number of rotatable bonds is 4. The number of aliphatic hydroxyl groups is 2. The molecule has 0 saturated carbocycles. The molecule has 0 aliphatic heterocycles. The van der Waals surface area contributed by atoms with Crippen LogP contribution in [0.25, 0.3) is 0 Å². The Labute approximate surface area is 83.6 Å². The summed E-state index contributed by atoms with van der Waals surface area (Å²) in [5.74, 6) is 0. The number of ether oxygens (including phenoxy) is 2. The predicted molar refractivity (Wildman–Crippen MR) is 49.9 cm³/mol. The van der Waals surface area contributed by atoms with Crippen LogP contribution >= 0.6 is 0 Å². The van der Waals surface area contributed by atoms with Crippen LogP contribution in [0.3, 0.4) is 0 Å². The minimum absolute atomic E-state index is 0.145. The maximum atomic E-state index is 11.0. The van der Waals surface area contributed by atoms with Crippen LogP contribution in [0.15, 0.2) is 0 Å². The maximum absolute atomic E-state index is 11.0. The lowest BCUT2D eigenvalue weighted by atomic mass is 10.1. The molecule has 5 nitrogen and oxygen atoms in total. The molecule has 0 saturated heterocycles. The summed E-state index contributed by atoms with van der Waals surface area (Å²) in [5, 5.41) is 18.0. The van der Waals surface area contributed by atoms with Crippen molar-refractivity contribution in [1.82, 2.24) is 0 Å². The zero-order valence-corrected chi connectivity index (χ0v) is 9.03. The molecule has 0 fully saturated rings. The molecule has 5 heteroatoms. The molecule has 0 heterocycles. The highest BCUT2D eigenvalue weighted by atomic mass is 16.7. The number of carbonyl (C=O) groups is 1. The molecule has 2 N–H and O–H groups in total. The Hall–Kier alpha value is -0.810. The molecule has 0 rings (SSSR count). The van der Waals surface area contributed by atoms with Crippen molar-refractivity contribution in [2.24, 2.45) is 0 Å². The smallest absolute Gasteiger partial charge is 0.431 e. The molecule has 0 aromatic carbocycles. The van der Waals surface area contributed by atoms with E-state index in [1.165, 1.54) is 13.8 Å². The highest BCUT2D eigenvalue weighted by Gasteiger charge is 2.24. The fourth-order valence-corrected chi connectivity index (χ4v) is 0.523. The summed E-state index contributed by atoms with van der Waals surface area (Å²) >= 11 is 0. The largest absolute Gasteiger partial charge is 0.508 e. The molecule has 0 aliphatic carbocycles. The topological polar surface area (TPSA) is 76.0 Å². The Morgan fingerprint density at radius 1 is 1.29 bits per heavy atom. The zero-order valence-electron chi connectivity index (χ0n) is 9.03. The molecule has 84 valence electrons. The summed E-state index contributed by atoms with van der Waals surface area (Å²) in [5.41, 5.74) is -2.04. The third-order valence-electron chi connectivity index (χ3n) is 1.28. The average Bonchev–Trinajstić information content (AvgIpc) is 1.99. The summed E-state index contributed by atoms with van der Waals surface area (Å²) in [4.78, 5) is 11.0. The molecular weight excluding hydrogens is 188 g/mol. The first-order chi connectivity index (χ1) is 6.16. The molecule has 0 aromatic heterocycles. The molecule has 0 amide bonds. The minimum atomic E-state index is -1.08. The number of carbonyl (C=O) groups excluding carboxylic acids is 1. The van der Waals surface area contributed by atoms with Crippen LogP contribution in [-0.2, 0) is 9.47 Å². The fraction of sp³-hybridized carbons (Fsp3) is 0.889. The van der Waals surface area contributed by atoms with Crippen LogP contribution in [-0.4, -0.2) is 40.8 Å². The van der Waals surface area contributed by atoms with Crippen LogP contribution in [0.1, 0.15) is 27.7 Å². The van der Waals surface area contributed by atoms with Gasteiger partial charge in [-0.15, -0.1) is 0 Å². The lowest BCUT2D eigenvalue weighted by Gasteiger charge is -2.23. The summed E-state index contributed by atoms with van der Waals surface area (Å²) in [6.07, 6.45) is -0.897. The van der Waals surface area contributed by atoms with Gasteiger partial charge in [0.05, 0.1) is 12.2 Å². The summed E-state index contributed by atoms with van der Waals surface area (Å²) in [7, 11) is 0. The molecular formula is C9H18O5. The maximum Gasteiger partial charge on any atom is 0.508 e. The highest BCUT2D eigenvalue weighted by Crippen LogP contribution is 2.10. The Morgan fingerprint density at radius 2 is 1.79 bits per heavy atom. The quantitative estimate of drug-likeness (QED) is 0.661. The van der Waals surface area contributed by atoms with Gasteiger partial charge >= 0.3 is 6.16 Å². The third-order valence-corrected chi connectivity index (χ3v) is 1.28. The Morgan fingerprint density at radius 3 is 2.14 bits per heavy atom. The second-order valence-corrected chi connectivity index (χ2v) is 4.37. The van der Waals surface area contributed by atoms with Gasteiger partial charge in [0.1, 0.15) is 12.2 Å². The first-order valence-electron chi connectivity index (χ1n) is 4.35. The van der Waals surface area contributed by atoms with E-state index in [1.54, 1.807) is 13.8 Å². The van der Waals surface area contributed by atoms with E-state index in [9.17, 15) is 9.90 Å². The normalized spacial score (nSPS) is 12.4. The van der Waals surface area contributed by atoms with Crippen molar-refractivity contribution >= 4 is 6.16 Å². The van der Waals surface area contributed by atoms with Crippen molar-refractivity contribution in [2.45, 2.75) is 38.9 Å². The van der Waals surface area contributed by atoms with Crippen LogP contribution in [0.5, 0.6) is 0 Å². The molecule has 0 aromatic rings. The van der Waals surface area contributed by atoms with E-state index in [1.807, 2.05) is 0 Å². The van der Waals surface area contributed by atoms with E-state index < -0.39 is 17.4 Å². The number of aliphatic hydroxyl groups excluding tert-OH is 1. The summed E-state index contributed by atoms with van der Waals surface area (Å²) < 4.78 is 9.38. The van der Waals surface area contributed by atoms with Gasteiger partial charge in [0, 0.05) is 0 Å². The lowest BCUT2D eigenvalue weighted by Crippen LogP contribution is -2.35. The highest BCUT2D eigenvalue weighted by molar-refractivity contribution is 5.60. The molecule has 0 spiro atoms. The van der Waals surface area contributed by atoms with E-state index in [2.05, 4.69) is 4.74 Å². The zero-order chi connectivity index (χ0) is 11.4. The second kappa shape index (κ2) is 4.61. The monoisotopic (exact) mass is 206 g/mol. The van der Waals surface area contributed by atoms with Gasteiger partial charge in [-0.25, -0.2) is 4.79 Å². The van der Waals surface area contributed by atoms with Crippen LogP contribution in [0.2, 0.25) is 0 Å². The first kappa shape index (κ1) is 13.2. The van der Waals surface area contributed by atoms with Crippen LogP contribution in [0.4, 0.5) is 4.79 Å². The van der Waals surface area contributed by atoms with Crippen molar-refractivity contribution in [3.05, 3.63) is 0 Å². The van der Waals surface area contributed by atoms with E-state index >= 15 is 0 Å². The Bertz CT molecular complexity index is 192. The average molecular weight is 206 g/mol. The fourth-order valence-electron chi connectivity index (χ4n) is 0.523. The third kappa shape index (κ3) is 6.68. The van der Waals surface area contributed by atoms with Crippen molar-refractivity contribution in [3.63, 3.8) is 0 Å². The van der Waals surface area contributed by atoms with Crippen molar-refractivity contribution in [1.29, 1.82) is 0 Å². The SMILES string of the molecule is CC(C)(O)COC(=O)OC(C)(C)CO. The van der Waals surface area contributed by atoms with E-state index in [0.29, 0.717) is 0 Å². The van der Waals surface area contributed by atoms with Crippen LogP contribution < -0.4 is 0 Å². The molecule has 0 bridgehead atoms. The summed E-state index contributed by atoms with van der Waals surface area (Å²) in [6.45, 7) is 5.70. The van der Waals surface area contributed by atoms with E-state index in [-0.39, 0.29) is 13.2 Å². The van der Waals surface area contributed by atoms with Gasteiger partial charge in [0.15, 0.2) is 0 Å². The van der Waals surface area contributed by atoms with Crippen LogP contribution in [0, 0.1) is 0 Å². The van der Waals surface area contributed by atoms with Crippen molar-refractivity contribution in [2.75, 3.05) is 13.2 Å². The molecule has 0 atom stereocenters. The molecule has 0 unspecified atom stereocenters. The second-order valence-electron chi connectivity index (χ2n) is 4.37. The van der Waals surface area contributed by atoms with Gasteiger partial charge in [-0.1, -0.05) is 0 Å².